The van der Waals surface area contributed by atoms with Gasteiger partial charge in [0.1, 0.15) is 23.0 Å². The number of carbonyl (C=O) groups excluding carboxylic acids is 2. The number of nitrogens with zero attached hydrogens (tertiary/aromatic N) is 4. The number of para-hydroxylation sites is 1. The van der Waals surface area contributed by atoms with Crippen LogP contribution in [0.3, 0.4) is 0 Å². The number of benzene rings is 1. The zero-order valence-electron chi connectivity index (χ0n) is 17.1. The maximum Gasteiger partial charge on any atom is 0.266 e. The Balaban J connectivity index is 1.54. The van der Waals surface area contributed by atoms with E-state index in [2.05, 4.69) is 25.8 Å². The molecule has 2 N–H and O–H groups in total. The minimum absolute atomic E-state index is 0.248. The first-order valence-electron chi connectivity index (χ1n) is 9.42. The molecule has 0 radical (unpaired) electrons. The number of aryl methyl sites for hydroxylation is 1. The summed E-state index contributed by atoms with van der Waals surface area (Å²) in [7, 11) is 1.54. The van der Waals surface area contributed by atoms with Crippen LogP contribution in [0.15, 0.2) is 41.5 Å². The number of rotatable bonds is 7. The molecule has 0 fully saturated rings. The largest absolute Gasteiger partial charge is 0.377 e. The summed E-state index contributed by atoms with van der Waals surface area (Å²) in [6, 6.07) is 9.05. The SMILES string of the molecule is COCc1nnc(NC(=O)Cn2cnc3sc(C(=O)Nc4ccccc4)c(C)c3c2=O)s1. The van der Waals surface area contributed by atoms with E-state index in [1.165, 1.54) is 22.2 Å². The Kier molecular flexibility index (Phi) is 6.35. The van der Waals surface area contributed by atoms with Crippen molar-refractivity contribution in [2.45, 2.75) is 20.1 Å². The van der Waals surface area contributed by atoms with Crippen LogP contribution in [-0.2, 0) is 22.7 Å². The molecule has 12 heteroatoms. The highest BCUT2D eigenvalue weighted by molar-refractivity contribution is 7.20. The quantitative estimate of drug-likeness (QED) is 0.425. The van der Waals surface area contributed by atoms with Crippen molar-refractivity contribution in [3.8, 4) is 0 Å². The lowest BCUT2D eigenvalue weighted by atomic mass is 10.2. The normalized spacial score (nSPS) is 10.9. The van der Waals surface area contributed by atoms with Crippen molar-refractivity contribution in [3.05, 3.63) is 62.5 Å². The molecule has 2 amide bonds. The zero-order valence-corrected chi connectivity index (χ0v) is 18.7. The number of hydrogen-bond acceptors (Lipinski definition) is 9. The molecule has 0 spiro atoms. The first-order valence-corrected chi connectivity index (χ1v) is 11.1. The number of anilines is 2. The van der Waals surface area contributed by atoms with Crippen LogP contribution in [0.5, 0.6) is 0 Å². The van der Waals surface area contributed by atoms with E-state index in [-0.39, 0.29) is 12.5 Å². The summed E-state index contributed by atoms with van der Waals surface area (Å²) in [6.07, 6.45) is 1.30. The van der Waals surface area contributed by atoms with E-state index in [9.17, 15) is 14.4 Å². The highest BCUT2D eigenvalue weighted by Crippen LogP contribution is 2.27. The molecule has 32 heavy (non-hydrogen) atoms. The van der Waals surface area contributed by atoms with Gasteiger partial charge in [0.2, 0.25) is 11.0 Å². The number of aromatic nitrogens is 4. The fourth-order valence-electron chi connectivity index (χ4n) is 3.00. The standard InChI is InChI=1S/C20H18N6O4S2/c1-11-15-18(32-16(11)17(28)22-12-6-4-3-5-7-12)21-10-26(19(15)29)8-13(27)23-20-25-24-14(31-20)9-30-2/h3-7,10H,8-9H2,1-2H3,(H,22,28)(H,23,25,27). The lowest BCUT2D eigenvalue weighted by Crippen LogP contribution is -2.27. The minimum atomic E-state index is -0.441. The van der Waals surface area contributed by atoms with Gasteiger partial charge in [0.25, 0.3) is 11.5 Å². The molecule has 1 aromatic carbocycles. The summed E-state index contributed by atoms with van der Waals surface area (Å²) >= 11 is 2.33. The average Bonchev–Trinajstić information content (AvgIpc) is 3.35. The van der Waals surface area contributed by atoms with Gasteiger partial charge in [-0.2, -0.15) is 0 Å². The average molecular weight is 471 g/mol. The summed E-state index contributed by atoms with van der Waals surface area (Å²) in [4.78, 5) is 43.2. The molecule has 3 aromatic heterocycles. The Bertz CT molecular complexity index is 1350. The second-order valence-electron chi connectivity index (χ2n) is 6.72. The van der Waals surface area contributed by atoms with Gasteiger partial charge in [-0.3, -0.25) is 24.3 Å². The van der Waals surface area contributed by atoms with Crippen molar-refractivity contribution in [3.63, 3.8) is 0 Å². The van der Waals surface area contributed by atoms with Crippen molar-refractivity contribution in [1.29, 1.82) is 0 Å². The Hall–Kier alpha value is -3.48. The van der Waals surface area contributed by atoms with Crippen molar-refractivity contribution in [2.24, 2.45) is 0 Å². The predicted molar refractivity (Wildman–Crippen MR) is 122 cm³/mol. The Labute approximate surface area is 189 Å². The molecule has 0 aliphatic rings. The van der Waals surface area contributed by atoms with E-state index in [1.807, 2.05) is 18.2 Å². The highest BCUT2D eigenvalue weighted by Gasteiger charge is 2.20. The number of nitrogens with one attached hydrogen (secondary N) is 2. The fraction of sp³-hybridized carbons (Fsp3) is 0.200. The molecule has 0 atom stereocenters. The maximum atomic E-state index is 13.0. The van der Waals surface area contributed by atoms with E-state index in [1.54, 1.807) is 26.2 Å². The van der Waals surface area contributed by atoms with Crippen molar-refractivity contribution in [1.82, 2.24) is 19.7 Å². The molecule has 3 heterocycles. The molecule has 0 saturated heterocycles. The second kappa shape index (κ2) is 9.34. The Morgan fingerprint density at radius 2 is 1.91 bits per heavy atom. The lowest BCUT2D eigenvalue weighted by Gasteiger charge is -2.05. The fourth-order valence-corrected chi connectivity index (χ4v) is 4.76. The first kappa shape index (κ1) is 21.7. The molecule has 0 aliphatic carbocycles. The van der Waals surface area contributed by atoms with E-state index >= 15 is 0 Å². The number of fused-ring (bicyclic) bond motifs is 1. The minimum Gasteiger partial charge on any atom is -0.377 e. The van der Waals surface area contributed by atoms with E-state index in [0.717, 1.165) is 11.3 Å². The number of amides is 2. The van der Waals surface area contributed by atoms with Gasteiger partial charge < -0.3 is 10.1 Å². The van der Waals surface area contributed by atoms with Gasteiger partial charge in [0.15, 0.2) is 0 Å². The third kappa shape index (κ3) is 4.56. The number of carbonyl (C=O) groups is 2. The predicted octanol–water partition coefficient (Wildman–Crippen LogP) is 2.66. The van der Waals surface area contributed by atoms with Gasteiger partial charge in [-0.15, -0.1) is 21.5 Å². The van der Waals surface area contributed by atoms with Crippen molar-refractivity contribution >= 4 is 55.5 Å². The maximum absolute atomic E-state index is 13.0. The van der Waals surface area contributed by atoms with Crippen molar-refractivity contribution < 1.29 is 14.3 Å². The number of methoxy groups -OCH3 is 1. The molecule has 0 unspecified atom stereocenters. The van der Waals surface area contributed by atoms with Crippen LogP contribution in [0.25, 0.3) is 10.2 Å². The van der Waals surface area contributed by atoms with E-state index in [4.69, 9.17) is 4.74 Å². The van der Waals surface area contributed by atoms with Gasteiger partial charge in [0.05, 0.1) is 16.6 Å². The van der Waals surface area contributed by atoms with Crippen LogP contribution in [0.2, 0.25) is 0 Å². The summed E-state index contributed by atoms with van der Waals surface area (Å²) in [5, 5.41) is 14.5. The van der Waals surface area contributed by atoms with Crippen LogP contribution in [0.1, 0.15) is 20.2 Å². The third-order valence-electron chi connectivity index (χ3n) is 4.45. The summed E-state index contributed by atoms with van der Waals surface area (Å²) in [5.41, 5.74) is 0.788. The number of hydrogen-bond donors (Lipinski definition) is 2. The number of ether oxygens (including phenoxy) is 1. The van der Waals surface area contributed by atoms with Gasteiger partial charge in [-0.1, -0.05) is 29.5 Å². The van der Waals surface area contributed by atoms with Crippen LogP contribution in [0.4, 0.5) is 10.8 Å². The molecule has 0 aliphatic heterocycles. The molecular weight excluding hydrogens is 452 g/mol. The smallest absolute Gasteiger partial charge is 0.266 e. The van der Waals surface area contributed by atoms with E-state index < -0.39 is 11.5 Å². The Morgan fingerprint density at radius 1 is 1.12 bits per heavy atom. The second-order valence-corrected chi connectivity index (χ2v) is 8.78. The van der Waals surface area contributed by atoms with Gasteiger partial charge in [0, 0.05) is 12.8 Å². The first-order chi connectivity index (χ1) is 15.5. The summed E-state index contributed by atoms with van der Waals surface area (Å²) < 4.78 is 6.18. The number of thiophene rings is 1. The van der Waals surface area contributed by atoms with Crippen LogP contribution < -0.4 is 16.2 Å². The lowest BCUT2D eigenvalue weighted by molar-refractivity contribution is -0.116. The van der Waals surface area contributed by atoms with Crippen LogP contribution in [0, 0.1) is 6.92 Å². The molecule has 4 rings (SSSR count). The molecule has 4 aromatic rings. The third-order valence-corrected chi connectivity index (χ3v) is 6.46. The van der Waals surface area contributed by atoms with Crippen LogP contribution >= 0.6 is 22.7 Å². The van der Waals surface area contributed by atoms with Crippen LogP contribution in [-0.4, -0.2) is 38.7 Å². The van der Waals surface area contributed by atoms with Crippen molar-refractivity contribution in [2.75, 3.05) is 17.7 Å². The van der Waals surface area contributed by atoms with Gasteiger partial charge in [-0.05, 0) is 24.6 Å². The summed E-state index contributed by atoms with van der Waals surface area (Å²) in [5.74, 6) is -0.758. The topological polar surface area (TPSA) is 128 Å². The Morgan fingerprint density at radius 3 is 2.66 bits per heavy atom. The summed E-state index contributed by atoms with van der Waals surface area (Å²) in [6.45, 7) is 1.75. The van der Waals surface area contributed by atoms with Gasteiger partial charge in [-0.25, -0.2) is 4.98 Å². The zero-order chi connectivity index (χ0) is 22.7. The monoisotopic (exact) mass is 470 g/mol. The molecule has 0 bridgehead atoms. The van der Waals surface area contributed by atoms with E-state index in [0.29, 0.717) is 43.1 Å². The molecule has 10 nitrogen and oxygen atoms in total. The highest BCUT2D eigenvalue weighted by atomic mass is 32.1. The molecule has 164 valence electrons. The van der Waals surface area contributed by atoms with Gasteiger partial charge >= 0.3 is 0 Å². The molecule has 0 saturated carbocycles. The molecular formula is C20H18N6O4S2.